The Hall–Kier alpha value is -2.09. The lowest BCUT2D eigenvalue weighted by molar-refractivity contribution is -0.127. The zero-order valence-electron chi connectivity index (χ0n) is 15.9. The Bertz CT molecular complexity index is 1000. The average Bonchev–Trinajstić information content (AvgIpc) is 3.16. The first kappa shape index (κ1) is 20.2. The Morgan fingerprint density at radius 2 is 1.83 bits per heavy atom. The van der Waals surface area contributed by atoms with E-state index in [4.69, 9.17) is 16.3 Å². The van der Waals surface area contributed by atoms with Crippen LogP contribution < -0.4 is 10.1 Å². The molecule has 4 rings (SSSR count). The molecule has 154 valence electrons. The van der Waals surface area contributed by atoms with Gasteiger partial charge in [0.25, 0.3) is 5.91 Å². The number of nitrogens with one attached hydrogen (secondary N) is 1. The molecule has 0 saturated carbocycles. The quantitative estimate of drug-likeness (QED) is 0.784. The third-order valence-electron chi connectivity index (χ3n) is 5.33. The molecule has 0 unspecified atom stereocenters. The molecule has 0 aliphatic carbocycles. The first-order valence-corrected chi connectivity index (χ1v) is 11.6. The van der Waals surface area contributed by atoms with Crippen LogP contribution >= 0.6 is 11.6 Å². The molecule has 0 aromatic heterocycles. The van der Waals surface area contributed by atoms with Crippen LogP contribution in [0, 0.1) is 0 Å². The lowest BCUT2D eigenvalue weighted by Crippen LogP contribution is -2.37. The van der Waals surface area contributed by atoms with Crippen molar-refractivity contribution in [2.24, 2.45) is 0 Å². The van der Waals surface area contributed by atoms with Crippen molar-refractivity contribution in [1.82, 2.24) is 9.62 Å². The summed E-state index contributed by atoms with van der Waals surface area (Å²) in [5, 5.41) is 3.47. The summed E-state index contributed by atoms with van der Waals surface area (Å²) in [6, 6.07) is 12.0. The molecule has 1 saturated heterocycles. The predicted molar refractivity (Wildman–Crippen MR) is 110 cm³/mol. The van der Waals surface area contributed by atoms with Crippen molar-refractivity contribution in [2.45, 2.75) is 43.2 Å². The van der Waals surface area contributed by atoms with Gasteiger partial charge < -0.3 is 10.1 Å². The first-order valence-electron chi connectivity index (χ1n) is 9.75. The summed E-state index contributed by atoms with van der Waals surface area (Å²) in [5.74, 6) is 0.476. The lowest BCUT2D eigenvalue weighted by atomic mass is 10.1. The highest BCUT2D eigenvalue weighted by atomic mass is 35.5. The Balaban J connectivity index is 1.34. The van der Waals surface area contributed by atoms with Crippen molar-refractivity contribution >= 4 is 27.5 Å². The summed E-state index contributed by atoms with van der Waals surface area (Å²) in [6.07, 6.45) is 2.79. The van der Waals surface area contributed by atoms with E-state index in [1.165, 1.54) is 0 Å². The highest BCUT2D eigenvalue weighted by Gasteiger charge is 2.29. The van der Waals surface area contributed by atoms with Gasteiger partial charge in [-0.05, 0) is 54.3 Å². The molecule has 0 spiro atoms. The number of nitrogens with zero attached hydrogens (tertiary/aromatic N) is 1. The van der Waals surface area contributed by atoms with Crippen LogP contribution in [0.3, 0.4) is 0 Å². The molecular weight excluding hydrogens is 412 g/mol. The summed E-state index contributed by atoms with van der Waals surface area (Å²) < 4.78 is 32.6. The molecule has 2 aliphatic heterocycles. The maximum Gasteiger partial charge on any atom is 0.261 e. The molecular formula is C21H23ClN2O4S. The molecule has 0 radical (unpaired) electrons. The smallest absolute Gasteiger partial charge is 0.261 e. The van der Waals surface area contributed by atoms with Crippen molar-refractivity contribution < 1.29 is 17.9 Å². The SMILES string of the molecule is O=C(NCc1ccc(S(=O)(=O)N2CCCCC2)cc1)[C@@H]1Cc2cc(Cl)ccc2O1. The van der Waals surface area contributed by atoms with Gasteiger partial charge in [-0.1, -0.05) is 30.2 Å². The zero-order chi connectivity index (χ0) is 20.4. The van der Waals surface area contributed by atoms with Gasteiger partial charge in [0.2, 0.25) is 10.0 Å². The zero-order valence-corrected chi connectivity index (χ0v) is 17.5. The molecule has 1 N–H and O–H groups in total. The van der Waals surface area contributed by atoms with Crippen LogP contribution in [-0.4, -0.2) is 37.8 Å². The van der Waals surface area contributed by atoms with Gasteiger partial charge in [-0.3, -0.25) is 4.79 Å². The number of hydrogen-bond donors (Lipinski definition) is 1. The fourth-order valence-electron chi connectivity index (χ4n) is 3.70. The molecule has 2 aliphatic rings. The molecule has 8 heteroatoms. The number of hydrogen-bond acceptors (Lipinski definition) is 4. The predicted octanol–water partition coefficient (Wildman–Crippen LogP) is 3.13. The van der Waals surface area contributed by atoms with Crippen molar-refractivity contribution in [3.63, 3.8) is 0 Å². The first-order chi connectivity index (χ1) is 13.9. The van der Waals surface area contributed by atoms with Gasteiger partial charge in [-0.25, -0.2) is 8.42 Å². The summed E-state index contributed by atoms with van der Waals surface area (Å²) in [5.41, 5.74) is 1.75. The van der Waals surface area contributed by atoms with Crippen LogP contribution in [0.15, 0.2) is 47.4 Å². The highest BCUT2D eigenvalue weighted by Crippen LogP contribution is 2.31. The second-order valence-corrected chi connectivity index (χ2v) is 9.76. The van der Waals surface area contributed by atoms with Crippen molar-refractivity contribution in [1.29, 1.82) is 0 Å². The number of carbonyl (C=O) groups excluding carboxylic acids is 1. The van der Waals surface area contributed by atoms with E-state index in [2.05, 4.69) is 5.32 Å². The summed E-state index contributed by atoms with van der Waals surface area (Å²) in [7, 11) is -3.44. The molecule has 1 atom stereocenters. The number of fused-ring (bicyclic) bond motifs is 1. The molecule has 2 aromatic rings. The van der Waals surface area contributed by atoms with Crippen molar-refractivity contribution in [3.05, 3.63) is 58.6 Å². The van der Waals surface area contributed by atoms with E-state index >= 15 is 0 Å². The van der Waals surface area contributed by atoms with Gasteiger partial charge >= 0.3 is 0 Å². The van der Waals surface area contributed by atoms with Crippen LogP contribution in [-0.2, 0) is 27.8 Å². The Labute approximate surface area is 175 Å². The van der Waals surface area contributed by atoms with Gasteiger partial charge in [-0.2, -0.15) is 4.31 Å². The van der Waals surface area contributed by atoms with Gasteiger partial charge in [0, 0.05) is 31.1 Å². The van der Waals surface area contributed by atoms with Crippen molar-refractivity contribution in [3.8, 4) is 5.75 Å². The van der Waals surface area contributed by atoms with E-state index in [0.717, 1.165) is 30.4 Å². The minimum atomic E-state index is -3.44. The number of halogens is 1. The minimum absolute atomic E-state index is 0.206. The average molecular weight is 435 g/mol. The molecule has 29 heavy (non-hydrogen) atoms. The molecule has 1 amide bonds. The van der Waals surface area contributed by atoms with Gasteiger partial charge in [0.1, 0.15) is 5.75 Å². The highest BCUT2D eigenvalue weighted by molar-refractivity contribution is 7.89. The standard InChI is InChI=1S/C21H23ClN2O4S/c22-17-6-9-19-16(12-17)13-20(28-19)21(25)23-14-15-4-7-18(8-5-15)29(26,27)24-10-2-1-3-11-24/h4-9,12,20H,1-3,10-11,13-14H2,(H,23,25)/t20-/m0/s1. The van der Waals surface area contributed by atoms with Crippen LogP contribution in [0.4, 0.5) is 0 Å². The summed E-state index contributed by atoms with van der Waals surface area (Å²) >= 11 is 5.98. The molecule has 2 heterocycles. The maximum atomic E-state index is 12.7. The molecule has 0 bridgehead atoms. The second-order valence-electron chi connectivity index (χ2n) is 7.39. The molecule has 6 nitrogen and oxygen atoms in total. The Morgan fingerprint density at radius 3 is 2.55 bits per heavy atom. The monoisotopic (exact) mass is 434 g/mol. The fraction of sp³-hybridized carbons (Fsp3) is 0.381. The van der Waals surface area contributed by atoms with E-state index in [1.807, 2.05) is 6.07 Å². The fourth-order valence-corrected chi connectivity index (χ4v) is 5.41. The van der Waals surface area contributed by atoms with Crippen LogP contribution in [0.2, 0.25) is 5.02 Å². The summed E-state index contributed by atoms with van der Waals surface area (Å²) in [6.45, 7) is 1.46. The van der Waals surface area contributed by atoms with Gasteiger partial charge in [0.05, 0.1) is 4.90 Å². The molecule has 1 fully saturated rings. The van der Waals surface area contributed by atoms with E-state index in [-0.39, 0.29) is 5.91 Å². The van der Waals surface area contributed by atoms with Crippen LogP contribution in [0.5, 0.6) is 5.75 Å². The third-order valence-corrected chi connectivity index (χ3v) is 7.48. The Morgan fingerprint density at radius 1 is 1.10 bits per heavy atom. The maximum absolute atomic E-state index is 12.7. The van der Waals surface area contributed by atoms with Gasteiger partial charge in [-0.15, -0.1) is 0 Å². The van der Waals surface area contributed by atoms with E-state index in [9.17, 15) is 13.2 Å². The normalized spacial score (nSPS) is 19.4. The van der Waals surface area contributed by atoms with E-state index in [0.29, 0.717) is 41.7 Å². The topological polar surface area (TPSA) is 75.7 Å². The number of piperidine rings is 1. The number of ether oxygens (including phenoxy) is 1. The van der Waals surface area contributed by atoms with E-state index < -0.39 is 16.1 Å². The molecule has 2 aromatic carbocycles. The van der Waals surface area contributed by atoms with Crippen LogP contribution in [0.1, 0.15) is 30.4 Å². The number of amides is 1. The largest absolute Gasteiger partial charge is 0.480 e. The van der Waals surface area contributed by atoms with Crippen molar-refractivity contribution in [2.75, 3.05) is 13.1 Å². The number of sulfonamides is 1. The third kappa shape index (κ3) is 4.42. The summed E-state index contributed by atoms with van der Waals surface area (Å²) in [4.78, 5) is 12.7. The second kappa shape index (κ2) is 8.34. The minimum Gasteiger partial charge on any atom is -0.480 e. The van der Waals surface area contributed by atoms with Crippen LogP contribution in [0.25, 0.3) is 0 Å². The number of carbonyl (C=O) groups is 1. The van der Waals surface area contributed by atoms with Gasteiger partial charge in [0.15, 0.2) is 6.10 Å². The number of benzene rings is 2. The number of rotatable bonds is 5. The lowest BCUT2D eigenvalue weighted by Gasteiger charge is -2.25. The van der Waals surface area contributed by atoms with E-state index in [1.54, 1.807) is 40.7 Å². The Kier molecular flexibility index (Phi) is 5.81.